The third-order valence-electron chi connectivity index (χ3n) is 1.65. The molecule has 0 aliphatic carbocycles. The van der Waals surface area contributed by atoms with Crippen LogP contribution in [0.25, 0.3) is 0 Å². The molecule has 0 bridgehead atoms. The van der Waals surface area contributed by atoms with Crippen LogP contribution in [0.4, 0.5) is 5.69 Å². The molecule has 0 saturated carbocycles. The van der Waals surface area contributed by atoms with E-state index in [0.717, 1.165) is 5.69 Å². The van der Waals surface area contributed by atoms with Crippen LogP contribution in [0.2, 0.25) is 0 Å². The van der Waals surface area contributed by atoms with Crippen molar-refractivity contribution in [2.24, 2.45) is 0 Å². The maximum Gasteiger partial charge on any atom is 0.0814 e. The van der Waals surface area contributed by atoms with E-state index in [1.54, 1.807) is 0 Å². The third kappa shape index (κ3) is 1.53. The van der Waals surface area contributed by atoms with Gasteiger partial charge < -0.3 is 5.73 Å². The van der Waals surface area contributed by atoms with Crippen LogP contribution in [-0.2, 0) is 0 Å². The zero-order valence-corrected chi connectivity index (χ0v) is 5.81. The van der Waals surface area contributed by atoms with Gasteiger partial charge in [-0.15, -0.1) is 0 Å². The van der Waals surface area contributed by atoms with Gasteiger partial charge in [0.25, 0.3) is 0 Å². The number of hydrogen-bond donors (Lipinski definition) is 1. The lowest BCUT2D eigenvalue weighted by Gasteiger charge is -2.00. The van der Waals surface area contributed by atoms with Crippen LogP contribution < -0.4 is 5.73 Å². The van der Waals surface area contributed by atoms with Gasteiger partial charge in [0.05, 0.1) is 8.41 Å². The summed E-state index contributed by atoms with van der Waals surface area (Å²) in [7, 11) is 0. The molecule has 1 aromatic rings. The van der Waals surface area contributed by atoms with Crippen molar-refractivity contribution in [2.75, 3.05) is 5.73 Å². The van der Waals surface area contributed by atoms with E-state index < -0.39 is 0 Å². The predicted octanol–water partition coefficient (Wildman–Crippen LogP) is 0.702. The highest BCUT2D eigenvalue weighted by Gasteiger charge is 1.92. The lowest BCUT2D eigenvalue weighted by Crippen LogP contribution is -1.90. The highest BCUT2D eigenvalue weighted by Crippen LogP contribution is 2.13. The maximum atomic E-state index is 5.62. The van der Waals surface area contributed by atoms with Crippen molar-refractivity contribution in [1.29, 1.82) is 0 Å². The van der Waals surface area contributed by atoms with E-state index in [9.17, 15) is 0 Å². The highest BCUT2D eigenvalue weighted by atomic mass is 14.5. The Labute approximate surface area is 63.8 Å². The number of aryl methyl sites for hydroxylation is 1. The molecule has 0 atom stereocenters. The van der Waals surface area contributed by atoms with Crippen LogP contribution in [0.5, 0.6) is 0 Å². The molecule has 0 radical (unpaired) electrons. The van der Waals surface area contributed by atoms with Crippen LogP contribution in [0.1, 0.15) is 11.1 Å². The van der Waals surface area contributed by atoms with Crippen LogP contribution in [0, 0.1) is 13.8 Å². The van der Waals surface area contributed by atoms with Gasteiger partial charge in [-0.05, 0) is 31.0 Å². The first kappa shape index (κ1) is 9.08. The van der Waals surface area contributed by atoms with Crippen LogP contribution in [-0.4, -0.2) is 8.41 Å². The molecule has 0 unspecified atom stereocenters. The molecule has 0 saturated heterocycles. The summed E-state index contributed by atoms with van der Waals surface area (Å²) in [6, 6.07) is 5.95. The Balaban J connectivity index is 0.000000810. The smallest absolute Gasteiger partial charge is 0.0814 e. The Kier molecular flexibility index (Phi) is 3.00. The molecular formula is C8H14BN. The molecule has 2 N–H and O–H groups in total. The fourth-order valence-corrected chi connectivity index (χ4v) is 0.774. The molecular weight excluding hydrogens is 121 g/mol. The summed E-state index contributed by atoms with van der Waals surface area (Å²) in [5.41, 5.74) is 8.96. The fourth-order valence-electron chi connectivity index (χ4n) is 0.774. The summed E-state index contributed by atoms with van der Waals surface area (Å²) in [6.07, 6.45) is 0. The topological polar surface area (TPSA) is 26.0 Å². The maximum absolute atomic E-state index is 5.62. The lowest BCUT2D eigenvalue weighted by atomic mass is 10.1. The van der Waals surface area contributed by atoms with Gasteiger partial charge in [-0.2, -0.15) is 0 Å². The Morgan fingerprint density at radius 1 is 1.20 bits per heavy atom. The van der Waals surface area contributed by atoms with Crippen molar-refractivity contribution in [1.82, 2.24) is 0 Å². The minimum absolute atomic E-state index is 0. The van der Waals surface area contributed by atoms with Gasteiger partial charge in [0, 0.05) is 5.69 Å². The predicted molar refractivity (Wildman–Crippen MR) is 50.3 cm³/mol. The van der Waals surface area contributed by atoms with Crippen molar-refractivity contribution in [2.45, 2.75) is 13.8 Å². The quantitative estimate of drug-likeness (QED) is 0.411. The van der Waals surface area contributed by atoms with E-state index in [0.29, 0.717) is 0 Å². The summed E-state index contributed by atoms with van der Waals surface area (Å²) in [5, 5.41) is 0. The first-order chi connectivity index (χ1) is 4.22. The van der Waals surface area contributed by atoms with Crippen molar-refractivity contribution >= 4 is 14.1 Å². The molecule has 0 amide bonds. The molecule has 0 aromatic heterocycles. The molecule has 1 rings (SSSR count). The average Bonchev–Trinajstić information content (AvgIpc) is 1.83. The van der Waals surface area contributed by atoms with E-state index in [1.165, 1.54) is 11.1 Å². The molecule has 1 aromatic carbocycles. The monoisotopic (exact) mass is 135 g/mol. The molecule has 0 spiro atoms. The third-order valence-corrected chi connectivity index (χ3v) is 1.65. The van der Waals surface area contributed by atoms with E-state index >= 15 is 0 Å². The van der Waals surface area contributed by atoms with Crippen LogP contribution in [0.15, 0.2) is 18.2 Å². The van der Waals surface area contributed by atoms with Gasteiger partial charge >= 0.3 is 0 Å². The van der Waals surface area contributed by atoms with E-state index in [4.69, 9.17) is 5.73 Å². The van der Waals surface area contributed by atoms with Crippen molar-refractivity contribution < 1.29 is 0 Å². The van der Waals surface area contributed by atoms with Gasteiger partial charge in [0.1, 0.15) is 0 Å². The molecule has 0 fully saturated rings. The standard InChI is InChI=1S/C8H11N.BH3/c1-6-4-3-5-8(9)7(6)2;/h3-5H,9H2,1-2H3;1H3. The normalized spacial score (nSPS) is 8.60. The Morgan fingerprint density at radius 2 is 1.80 bits per heavy atom. The molecule has 54 valence electrons. The number of hydrogen-bond acceptors (Lipinski definition) is 1. The van der Waals surface area contributed by atoms with Crippen LogP contribution >= 0.6 is 0 Å². The lowest BCUT2D eigenvalue weighted by molar-refractivity contribution is 1.35. The highest BCUT2D eigenvalue weighted by molar-refractivity contribution is 5.75. The molecule has 2 heteroatoms. The number of nitrogen functional groups attached to an aromatic ring is 1. The van der Waals surface area contributed by atoms with E-state index in [1.807, 2.05) is 19.1 Å². The molecule has 1 nitrogen and oxygen atoms in total. The number of rotatable bonds is 0. The Hall–Kier alpha value is -0.915. The average molecular weight is 135 g/mol. The van der Waals surface area contributed by atoms with Crippen LogP contribution in [0.3, 0.4) is 0 Å². The summed E-state index contributed by atoms with van der Waals surface area (Å²) >= 11 is 0. The molecule has 0 heterocycles. The fraction of sp³-hybridized carbons (Fsp3) is 0.250. The van der Waals surface area contributed by atoms with Crippen molar-refractivity contribution in [3.05, 3.63) is 29.3 Å². The Bertz CT molecular complexity index is 200. The first-order valence-electron chi connectivity index (χ1n) is 3.03. The zero-order chi connectivity index (χ0) is 6.85. The minimum atomic E-state index is 0. The number of anilines is 1. The van der Waals surface area contributed by atoms with E-state index in [2.05, 4.69) is 13.0 Å². The minimum Gasteiger partial charge on any atom is -0.399 e. The van der Waals surface area contributed by atoms with E-state index in [-0.39, 0.29) is 8.41 Å². The summed E-state index contributed by atoms with van der Waals surface area (Å²) < 4.78 is 0. The summed E-state index contributed by atoms with van der Waals surface area (Å²) in [6.45, 7) is 4.09. The van der Waals surface area contributed by atoms with Gasteiger partial charge in [-0.25, -0.2) is 0 Å². The van der Waals surface area contributed by atoms with Gasteiger partial charge in [0.15, 0.2) is 0 Å². The number of nitrogens with two attached hydrogens (primary N) is 1. The summed E-state index contributed by atoms with van der Waals surface area (Å²) in [5.74, 6) is 0. The van der Waals surface area contributed by atoms with Gasteiger partial charge in [-0.3, -0.25) is 0 Å². The van der Waals surface area contributed by atoms with Gasteiger partial charge in [0.2, 0.25) is 0 Å². The van der Waals surface area contributed by atoms with Gasteiger partial charge in [-0.1, -0.05) is 12.1 Å². The first-order valence-corrected chi connectivity index (χ1v) is 3.03. The second kappa shape index (κ2) is 3.30. The SMILES string of the molecule is B.Cc1cccc(N)c1C. The second-order valence-electron chi connectivity index (χ2n) is 2.29. The number of benzene rings is 1. The molecule has 0 aliphatic rings. The second-order valence-corrected chi connectivity index (χ2v) is 2.29. The molecule has 10 heavy (non-hydrogen) atoms. The molecule has 0 aliphatic heterocycles. The Morgan fingerprint density at radius 3 is 2.20 bits per heavy atom. The zero-order valence-electron chi connectivity index (χ0n) is 5.81. The summed E-state index contributed by atoms with van der Waals surface area (Å²) in [4.78, 5) is 0. The van der Waals surface area contributed by atoms with Crippen molar-refractivity contribution in [3.8, 4) is 0 Å². The van der Waals surface area contributed by atoms with Crippen molar-refractivity contribution in [3.63, 3.8) is 0 Å². The largest absolute Gasteiger partial charge is 0.399 e.